The second-order valence-electron chi connectivity index (χ2n) is 7.64. The van der Waals surface area contributed by atoms with Crippen molar-refractivity contribution in [2.75, 3.05) is 19.6 Å². The average Bonchev–Trinajstić information content (AvgIpc) is 3.25. The summed E-state index contributed by atoms with van der Waals surface area (Å²) < 4.78 is 8.97. The number of benzene rings is 1. The SMILES string of the molecule is CCCCCCN1CCC2(CC1)Oc1ccccc1C2n1cccc1. The molecule has 0 radical (unpaired) electrons. The van der Waals surface area contributed by atoms with E-state index in [4.69, 9.17) is 4.74 Å². The van der Waals surface area contributed by atoms with Crippen LogP contribution in [-0.4, -0.2) is 34.7 Å². The Balaban J connectivity index is 1.48. The summed E-state index contributed by atoms with van der Waals surface area (Å²) in [4.78, 5) is 2.64. The fourth-order valence-corrected chi connectivity index (χ4v) is 4.60. The number of aromatic nitrogens is 1. The standard InChI is InChI=1S/C22H30N2O/c1-2-3-4-7-14-23-17-12-22(13-18-23)21(24-15-8-9-16-24)19-10-5-6-11-20(19)25-22/h5-6,8-11,15-16,21H,2-4,7,12-14,17-18H2,1H3. The first-order valence-electron chi connectivity index (χ1n) is 9.95. The van der Waals surface area contributed by atoms with Crippen molar-refractivity contribution in [1.29, 1.82) is 0 Å². The number of fused-ring (bicyclic) bond motifs is 1. The summed E-state index contributed by atoms with van der Waals surface area (Å²) >= 11 is 0. The smallest absolute Gasteiger partial charge is 0.136 e. The zero-order valence-electron chi connectivity index (χ0n) is 15.4. The zero-order valence-corrected chi connectivity index (χ0v) is 15.4. The van der Waals surface area contributed by atoms with Crippen LogP contribution in [0.25, 0.3) is 0 Å². The number of ether oxygens (including phenoxy) is 1. The van der Waals surface area contributed by atoms with Crippen molar-refractivity contribution in [1.82, 2.24) is 9.47 Å². The molecule has 4 rings (SSSR count). The summed E-state index contributed by atoms with van der Waals surface area (Å²) in [5.74, 6) is 1.08. The van der Waals surface area contributed by atoms with Crippen molar-refractivity contribution in [2.45, 2.75) is 57.1 Å². The van der Waals surface area contributed by atoms with Crippen LogP contribution in [0.5, 0.6) is 5.75 Å². The van der Waals surface area contributed by atoms with Crippen molar-refractivity contribution >= 4 is 0 Å². The number of unbranched alkanes of at least 4 members (excludes halogenated alkanes) is 3. The van der Waals surface area contributed by atoms with Crippen molar-refractivity contribution in [3.05, 3.63) is 54.4 Å². The number of para-hydroxylation sites is 1. The maximum Gasteiger partial charge on any atom is 0.136 e. The molecular formula is C22H30N2O. The van der Waals surface area contributed by atoms with Crippen molar-refractivity contribution in [2.24, 2.45) is 0 Å². The van der Waals surface area contributed by atoms with E-state index in [9.17, 15) is 0 Å². The van der Waals surface area contributed by atoms with Gasteiger partial charge in [-0.15, -0.1) is 0 Å². The molecule has 3 heteroatoms. The normalized spacial score (nSPS) is 22.0. The Morgan fingerprint density at radius 1 is 1.00 bits per heavy atom. The molecule has 2 aromatic rings. The quantitative estimate of drug-likeness (QED) is 0.698. The summed E-state index contributed by atoms with van der Waals surface area (Å²) in [6, 6.07) is 13.2. The van der Waals surface area contributed by atoms with E-state index in [-0.39, 0.29) is 5.60 Å². The fraction of sp³-hybridized carbons (Fsp3) is 0.545. The van der Waals surface area contributed by atoms with E-state index in [0.717, 1.165) is 31.7 Å². The number of nitrogens with zero attached hydrogens (tertiary/aromatic N) is 2. The number of hydrogen-bond donors (Lipinski definition) is 0. The molecule has 1 unspecified atom stereocenters. The molecule has 134 valence electrons. The summed E-state index contributed by atoms with van der Waals surface area (Å²) in [5, 5.41) is 0. The van der Waals surface area contributed by atoms with Crippen LogP contribution in [0.4, 0.5) is 0 Å². The predicted molar refractivity (Wildman–Crippen MR) is 102 cm³/mol. The van der Waals surface area contributed by atoms with E-state index in [1.165, 1.54) is 37.8 Å². The maximum absolute atomic E-state index is 6.62. The molecule has 1 saturated heterocycles. The lowest BCUT2D eigenvalue weighted by Gasteiger charge is -2.42. The van der Waals surface area contributed by atoms with Gasteiger partial charge >= 0.3 is 0 Å². The highest BCUT2D eigenvalue weighted by Gasteiger charge is 2.50. The van der Waals surface area contributed by atoms with Crippen LogP contribution in [-0.2, 0) is 0 Å². The Bertz CT molecular complexity index is 671. The van der Waals surface area contributed by atoms with Crippen LogP contribution < -0.4 is 4.74 Å². The highest BCUT2D eigenvalue weighted by atomic mass is 16.5. The molecule has 1 atom stereocenters. The second-order valence-corrected chi connectivity index (χ2v) is 7.64. The van der Waals surface area contributed by atoms with Crippen LogP contribution in [0.15, 0.2) is 48.8 Å². The van der Waals surface area contributed by atoms with Crippen LogP contribution in [0.3, 0.4) is 0 Å². The van der Waals surface area contributed by atoms with Gasteiger partial charge in [-0.1, -0.05) is 44.4 Å². The molecule has 1 aromatic heterocycles. The van der Waals surface area contributed by atoms with Crippen LogP contribution >= 0.6 is 0 Å². The van der Waals surface area contributed by atoms with E-state index in [2.05, 4.69) is 65.2 Å². The first-order chi connectivity index (χ1) is 12.3. The van der Waals surface area contributed by atoms with Gasteiger partial charge in [-0.2, -0.15) is 0 Å². The zero-order chi connectivity index (χ0) is 17.1. The van der Waals surface area contributed by atoms with E-state index >= 15 is 0 Å². The number of piperidine rings is 1. The summed E-state index contributed by atoms with van der Waals surface area (Å²) in [7, 11) is 0. The van der Waals surface area contributed by atoms with Gasteiger partial charge in [0.25, 0.3) is 0 Å². The fourth-order valence-electron chi connectivity index (χ4n) is 4.60. The Labute approximate surface area is 151 Å². The largest absolute Gasteiger partial charge is 0.484 e. The molecule has 0 amide bonds. The molecule has 0 aliphatic carbocycles. The minimum absolute atomic E-state index is 0.0807. The lowest BCUT2D eigenvalue weighted by Crippen LogP contribution is -2.50. The van der Waals surface area contributed by atoms with Crippen LogP contribution in [0, 0.1) is 0 Å². The van der Waals surface area contributed by atoms with Crippen LogP contribution in [0.1, 0.15) is 57.1 Å². The highest BCUT2D eigenvalue weighted by Crippen LogP contribution is 2.50. The Kier molecular flexibility index (Phi) is 4.85. The Hall–Kier alpha value is -1.74. The summed E-state index contributed by atoms with van der Waals surface area (Å²) in [6.07, 6.45) is 12.0. The third kappa shape index (κ3) is 3.22. The van der Waals surface area contributed by atoms with Crippen molar-refractivity contribution in [3.63, 3.8) is 0 Å². The average molecular weight is 338 g/mol. The van der Waals surface area contributed by atoms with Gasteiger partial charge in [-0.3, -0.25) is 0 Å². The predicted octanol–water partition coefficient (Wildman–Crippen LogP) is 4.88. The third-order valence-electron chi connectivity index (χ3n) is 5.98. The Morgan fingerprint density at radius 2 is 1.76 bits per heavy atom. The minimum atomic E-state index is -0.0807. The summed E-state index contributed by atoms with van der Waals surface area (Å²) in [5.41, 5.74) is 1.26. The molecule has 25 heavy (non-hydrogen) atoms. The Morgan fingerprint density at radius 3 is 2.52 bits per heavy atom. The van der Waals surface area contributed by atoms with E-state index in [0.29, 0.717) is 6.04 Å². The van der Waals surface area contributed by atoms with Gasteiger partial charge < -0.3 is 14.2 Å². The minimum Gasteiger partial charge on any atom is -0.484 e. The number of rotatable bonds is 6. The van der Waals surface area contributed by atoms with Gasteiger partial charge in [0.2, 0.25) is 0 Å². The lowest BCUT2D eigenvalue weighted by molar-refractivity contribution is -0.00723. The molecule has 2 aliphatic rings. The molecular weight excluding hydrogens is 308 g/mol. The van der Waals surface area contributed by atoms with E-state index < -0.39 is 0 Å². The summed E-state index contributed by atoms with van der Waals surface area (Å²) in [6.45, 7) is 5.83. The van der Waals surface area contributed by atoms with Gasteiger partial charge in [0.05, 0.1) is 0 Å². The third-order valence-corrected chi connectivity index (χ3v) is 5.98. The van der Waals surface area contributed by atoms with E-state index in [1.807, 2.05) is 0 Å². The number of hydrogen-bond acceptors (Lipinski definition) is 2. The first kappa shape index (κ1) is 16.7. The molecule has 1 spiro atoms. The second kappa shape index (κ2) is 7.25. The molecule has 3 heterocycles. The molecule has 1 fully saturated rings. The monoisotopic (exact) mass is 338 g/mol. The molecule has 2 aliphatic heterocycles. The molecule has 3 nitrogen and oxygen atoms in total. The van der Waals surface area contributed by atoms with Crippen LogP contribution in [0.2, 0.25) is 0 Å². The van der Waals surface area contributed by atoms with Gasteiger partial charge in [0.15, 0.2) is 0 Å². The molecule has 0 N–H and O–H groups in total. The first-order valence-corrected chi connectivity index (χ1v) is 9.95. The van der Waals surface area contributed by atoms with Gasteiger partial charge in [-0.05, 0) is 31.2 Å². The van der Waals surface area contributed by atoms with E-state index in [1.54, 1.807) is 0 Å². The molecule has 0 bridgehead atoms. The molecule has 0 saturated carbocycles. The maximum atomic E-state index is 6.62. The van der Waals surface area contributed by atoms with Crippen molar-refractivity contribution in [3.8, 4) is 5.75 Å². The van der Waals surface area contributed by atoms with Gasteiger partial charge in [0, 0.05) is 43.9 Å². The molecule has 1 aromatic carbocycles. The van der Waals surface area contributed by atoms with Gasteiger partial charge in [-0.25, -0.2) is 0 Å². The highest BCUT2D eigenvalue weighted by molar-refractivity contribution is 5.43. The lowest BCUT2D eigenvalue weighted by atomic mass is 9.82. The van der Waals surface area contributed by atoms with Crippen molar-refractivity contribution < 1.29 is 4.74 Å². The topological polar surface area (TPSA) is 17.4 Å². The van der Waals surface area contributed by atoms with Gasteiger partial charge in [0.1, 0.15) is 17.4 Å². The number of likely N-dealkylation sites (tertiary alicyclic amines) is 1.